The number of Topliss-reactive ketones (excluding diaryl/α,β-unsaturated/α-hetero) is 1. The van der Waals surface area contributed by atoms with Gasteiger partial charge in [0.1, 0.15) is 12.4 Å². The summed E-state index contributed by atoms with van der Waals surface area (Å²) in [5.41, 5.74) is 3.88. The number of aldehydes is 1. The first kappa shape index (κ1) is 13.4. The maximum absolute atomic E-state index is 12.4. The van der Waals surface area contributed by atoms with Crippen molar-refractivity contribution in [2.24, 2.45) is 0 Å². The summed E-state index contributed by atoms with van der Waals surface area (Å²) in [6, 6.07) is 16.2. The molecule has 0 radical (unpaired) electrons. The lowest BCUT2D eigenvalue weighted by Crippen LogP contribution is -2.31. The highest BCUT2D eigenvalue weighted by atomic mass is 16.6. The van der Waals surface area contributed by atoms with Crippen LogP contribution in [-0.4, -0.2) is 24.8 Å². The fraction of sp³-hybridized carbons (Fsp3) is 0.263. The SMILES string of the molecule is O=CCC1(CC(=O)C2CO2)c2ccccc2-c2ccccc21. The number of carbonyl (C=O) groups is 2. The van der Waals surface area contributed by atoms with Gasteiger partial charge in [-0.05, 0) is 22.3 Å². The van der Waals surface area contributed by atoms with Crippen LogP contribution in [-0.2, 0) is 19.7 Å². The van der Waals surface area contributed by atoms with Crippen molar-refractivity contribution in [3.8, 4) is 11.1 Å². The Kier molecular flexibility index (Phi) is 2.98. The van der Waals surface area contributed by atoms with Gasteiger partial charge in [0.2, 0.25) is 0 Å². The maximum Gasteiger partial charge on any atom is 0.165 e. The fourth-order valence-electron chi connectivity index (χ4n) is 3.69. The highest BCUT2D eigenvalue weighted by Gasteiger charge is 2.46. The van der Waals surface area contributed by atoms with Gasteiger partial charge in [-0.25, -0.2) is 0 Å². The Balaban J connectivity index is 1.92. The number of hydrogen-bond acceptors (Lipinski definition) is 3. The minimum atomic E-state index is -0.544. The predicted octanol–water partition coefficient (Wildman–Crippen LogP) is 2.90. The van der Waals surface area contributed by atoms with Gasteiger partial charge in [0.05, 0.1) is 6.61 Å². The van der Waals surface area contributed by atoms with E-state index in [0.717, 1.165) is 28.5 Å². The minimum Gasteiger partial charge on any atom is -0.365 e. The van der Waals surface area contributed by atoms with Crippen LogP contribution >= 0.6 is 0 Å². The van der Waals surface area contributed by atoms with Crippen LogP contribution in [0.4, 0.5) is 0 Å². The van der Waals surface area contributed by atoms with E-state index in [1.54, 1.807) is 0 Å². The van der Waals surface area contributed by atoms with Crippen molar-refractivity contribution < 1.29 is 14.3 Å². The molecule has 2 aromatic carbocycles. The molecule has 1 atom stereocenters. The summed E-state index contributed by atoms with van der Waals surface area (Å²) in [5.74, 6) is 0.0911. The van der Waals surface area contributed by atoms with Crippen LogP contribution in [0.3, 0.4) is 0 Å². The second-order valence-corrected chi connectivity index (χ2v) is 6.01. The molecule has 0 aromatic heterocycles. The van der Waals surface area contributed by atoms with Gasteiger partial charge in [0.25, 0.3) is 0 Å². The fourth-order valence-corrected chi connectivity index (χ4v) is 3.69. The minimum absolute atomic E-state index is 0.0911. The molecule has 2 aliphatic rings. The maximum atomic E-state index is 12.4. The molecule has 1 saturated heterocycles. The molecule has 0 amide bonds. The monoisotopic (exact) mass is 292 g/mol. The molecular weight excluding hydrogens is 276 g/mol. The Morgan fingerprint density at radius 3 is 2.14 bits per heavy atom. The number of benzene rings is 2. The van der Waals surface area contributed by atoms with Crippen molar-refractivity contribution >= 4 is 12.1 Å². The summed E-state index contributed by atoms with van der Waals surface area (Å²) >= 11 is 0. The number of rotatable bonds is 5. The summed E-state index contributed by atoms with van der Waals surface area (Å²) in [6.45, 7) is 0.513. The molecule has 3 heteroatoms. The first-order chi connectivity index (χ1) is 10.8. The van der Waals surface area contributed by atoms with Crippen molar-refractivity contribution in [3.63, 3.8) is 0 Å². The first-order valence-corrected chi connectivity index (χ1v) is 7.53. The van der Waals surface area contributed by atoms with E-state index in [4.69, 9.17) is 4.74 Å². The van der Waals surface area contributed by atoms with E-state index in [-0.39, 0.29) is 11.9 Å². The number of ketones is 1. The molecule has 2 aromatic rings. The largest absolute Gasteiger partial charge is 0.365 e. The Labute approximate surface area is 128 Å². The van der Waals surface area contributed by atoms with Gasteiger partial charge < -0.3 is 9.53 Å². The Morgan fingerprint density at radius 2 is 1.64 bits per heavy atom. The van der Waals surface area contributed by atoms with Gasteiger partial charge >= 0.3 is 0 Å². The van der Waals surface area contributed by atoms with Crippen molar-refractivity contribution in [2.45, 2.75) is 24.4 Å². The smallest absolute Gasteiger partial charge is 0.165 e. The van der Waals surface area contributed by atoms with Gasteiger partial charge in [-0.15, -0.1) is 0 Å². The van der Waals surface area contributed by atoms with Gasteiger partial charge in [0, 0.05) is 18.3 Å². The quantitative estimate of drug-likeness (QED) is 0.629. The summed E-state index contributed by atoms with van der Waals surface area (Å²) in [4.78, 5) is 23.8. The van der Waals surface area contributed by atoms with Crippen LogP contribution in [0.15, 0.2) is 48.5 Å². The molecule has 0 bridgehead atoms. The van der Waals surface area contributed by atoms with E-state index < -0.39 is 5.41 Å². The number of ether oxygens (including phenoxy) is 1. The molecule has 3 nitrogen and oxygen atoms in total. The van der Waals surface area contributed by atoms with Crippen LogP contribution in [0.5, 0.6) is 0 Å². The predicted molar refractivity (Wildman–Crippen MR) is 82.7 cm³/mol. The zero-order chi connectivity index (χ0) is 15.2. The third-order valence-electron chi connectivity index (χ3n) is 4.78. The Bertz CT molecular complexity index is 713. The topological polar surface area (TPSA) is 46.7 Å². The number of carbonyl (C=O) groups excluding carboxylic acids is 2. The average Bonchev–Trinajstić information content (AvgIpc) is 3.36. The normalized spacial score (nSPS) is 20.1. The van der Waals surface area contributed by atoms with E-state index in [1.165, 1.54) is 0 Å². The van der Waals surface area contributed by atoms with Crippen LogP contribution in [0, 0.1) is 0 Å². The molecular formula is C19H16O3. The number of fused-ring (bicyclic) bond motifs is 3. The molecule has 1 aliphatic carbocycles. The molecule has 0 spiro atoms. The van der Waals surface area contributed by atoms with Crippen LogP contribution < -0.4 is 0 Å². The summed E-state index contributed by atoms with van der Waals surface area (Å²) in [5, 5.41) is 0. The second-order valence-electron chi connectivity index (χ2n) is 6.01. The summed E-state index contributed by atoms with van der Waals surface area (Å²) in [7, 11) is 0. The van der Waals surface area contributed by atoms with Gasteiger partial charge in [-0.1, -0.05) is 48.5 Å². The third-order valence-corrected chi connectivity index (χ3v) is 4.78. The molecule has 1 heterocycles. The van der Waals surface area contributed by atoms with Gasteiger partial charge in [0.15, 0.2) is 5.78 Å². The molecule has 1 fully saturated rings. The van der Waals surface area contributed by atoms with E-state index in [1.807, 2.05) is 36.4 Å². The third kappa shape index (κ3) is 1.86. The van der Waals surface area contributed by atoms with E-state index in [9.17, 15) is 9.59 Å². The summed E-state index contributed by atoms with van der Waals surface area (Å²) < 4.78 is 5.14. The van der Waals surface area contributed by atoms with Gasteiger partial charge in [-0.2, -0.15) is 0 Å². The summed E-state index contributed by atoms with van der Waals surface area (Å²) in [6.07, 6.45) is 1.30. The van der Waals surface area contributed by atoms with Crippen molar-refractivity contribution in [1.29, 1.82) is 0 Å². The molecule has 0 N–H and O–H groups in total. The van der Waals surface area contributed by atoms with Crippen LogP contribution in [0.2, 0.25) is 0 Å². The first-order valence-electron chi connectivity index (χ1n) is 7.53. The molecule has 110 valence electrons. The van der Waals surface area contributed by atoms with E-state index in [0.29, 0.717) is 19.4 Å². The Hall–Kier alpha value is -2.26. The second kappa shape index (κ2) is 4.89. The molecule has 1 aliphatic heterocycles. The zero-order valence-corrected chi connectivity index (χ0v) is 12.1. The lowest BCUT2D eigenvalue weighted by Gasteiger charge is -2.29. The van der Waals surface area contributed by atoms with Gasteiger partial charge in [-0.3, -0.25) is 4.79 Å². The molecule has 22 heavy (non-hydrogen) atoms. The van der Waals surface area contributed by atoms with E-state index >= 15 is 0 Å². The molecule has 1 unspecified atom stereocenters. The average molecular weight is 292 g/mol. The molecule has 0 saturated carbocycles. The lowest BCUT2D eigenvalue weighted by molar-refractivity contribution is -0.121. The standard InChI is InChI=1S/C19H16O3/c20-10-9-19(11-17(21)18-12-22-18)15-7-3-1-5-13(15)14-6-2-4-8-16(14)19/h1-8,10,18H,9,11-12H2. The number of epoxide rings is 1. The van der Waals surface area contributed by atoms with Crippen molar-refractivity contribution in [2.75, 3.05) is 6.61 Å². The van der Waals surface area contributed by atoms with Crippen LogP contribution in [0.25, 0.3) is 11.1 Å². The lowest BCUT2D eigenvalue weighted by atomic mass is 9.72. The van der Waals surface area contributed by atoms with Crippen molar-refractivity contribution in [1.82, 2.24) is 0 Å². The molecule has 4 rings (SSSR count). The van der Waals surface area contributed by atoms with Crippen molar-refractivity contribution in [3.05, 3.63) is 59.7 Å². The highest BCUT2D eigenvalue weighted by Crippen LogP contribution is 2.52. The zero-order valence-electron chi connectivity index (χ0n) is 12.1. The van der Waals surface area contributed by atoms with E-state index in [2.05, 4.69) is 12.1 Å². The van der Waals surface area contributed by atoms with Crippen LogP contribution in [0.1, 0.15) is 24.0 Å². The highest BCUT2D eigenvalue weighted by molar-refractivity contribution is 5.91. The number of hydrogen-bond donors (Lipinski definition) is 0. The Morgan fingerprint density at radius 1 is 1.09 bits per heavy atom.